The van der Waals surface area contributed by atoms with Gasteiger partial charge in [0.25, 0.3) is 0 Å². The summed E-state index contributed by atoms with van der Waals surface area (Å²) in [7, 11) is 0. The van der Waals surface area contributed by atoms with Gasteiger partial charge < -0.3 is 8.40 Å². The summed E-state index contributed by atoms with van der Waals surface area (Å²) in [5.41, 5.74) is 0. The van der Waals surface area contributed by atoms with Crippen LogP contribution in [0.2, 0.25) is 0 Å². The molecule has 5 heavy (non-hydrogen) atoms. The Morgan fingerprint density at radius 3 is 0.800 bits per heavy atom. The molecule has 0 aromatic rings. The third-order valence-corrected chi connectivity index (χ3v) is 0. The topological polar surface area (TPSA) is 46.1 Å². The van der Waals surface area contributed by atoms with Crippen LogP contribution in [0.3, 0.4) is 0 Å². The summed E-state index contributed by atoms with van der Waals surface area (Å²) in [6.07, 6.45) is 0. The zero-order valence-electron chi connectivity index (χ0n) is 1.95. The summed E-state index contributed by atoms with van der Waals surface area (Å²) in [6.45, 7) is 0. The first kappa shape index (κ1) is 16.1. The van der Waals surface area contributed by atoms with E-state index in [1.165, 1.54) is 0 Å². The minimum Gasteiger partial charge on any atom is -0.791 e. The monoisotopic (exact) mass is 245 g/mol. The summed E-state index contributed by atoms with van der Waals surface area (Å²) >= 11 is 3.38. The molecule has 0 atom stereocenters. The van der Waals surface area contributed by atoms with Gasteiger partial charge in [-0.1, -0.05) is 0 Å². The molecule has 0 aliphatic heterocycles. The Hall–Kier alpha value is 1.40. The summed E-state index contributed by atoms with van der Waals surface area (Å²) in [6, 6.07) is 0. The minimum absolute atomic E-state index is 0. The van der Waals surface area contributed by atoms with E-state index in [1.54, 1.807) is 32.5 Å². The molecule has 0 aliphatic rings. The summed E-state index contributed by atoms with van der Waals surface area (Å²) in [4.78, 5) is 0. The van der Waals surface area contributed by atoms with Gasteiger partial charge >= 0.3 is 17.1 Å². The van der Waals surface area contributed by atoms with Crippen molar-refractivity contribution < 1.29 is 25.5 Å². The van der Waals surface area contributed by atoms with Crippen LogP contribution in [0.1, 0.15) is 0 Å². The van der Waals surface area contributed by atoms with Crippen molar-refractivity contribution in [3.63, 3.8) is 0 Å². The van der Waals surface area contributed by atoms with Crippen LogP contribution in [0, 0.1) is 0 Å². The minimum atomic E-state index is 0. The molecule has 0 aliphatic carbocycles. The first-order chi connectivity index (χ1) is 2.00. The molecule has 0 saturated heterocycles. The Morgan fingerprint density at radius 2 is 0.800 bits per heavy atom. The van der Waals surface area contributed by atoms with Crippen molar-refractivity contribution in [1.82, 2.24) is 0 Å². The van der Waals surface area contributed by atoms with E-state index < -0.39 is 0 Å². The van der Waals surface area contributed by atoms with E-state index in [1.807, 2.05) is 0 Å². The van der Waals surface area contributed by atoms with Crippen molar-refractivity contribution in [3.05, 3.63) is 0 Å². The molecule has 2 nitrogen and oxygen atoms in total. The van der Waals surface area contributed by atoms with Crippen LogP contribution in [0.25, 0.3) is 0 Å². The number of halogens is 2. The van der Waals surface area contributed by atoms with Gasteiger partial charge in [-0.15, -0.1) is 0 Å². The van der Waals surface area contributed by atoms with Crippen molar-refractivity contribution >= 4 is 32.5 Å². The maximum atomic E-state index is 8.06. The second-order valence-corrected chi connectivity index (χ2v) is 0. The fourth-order valence-corrected chi connectivity index (χ4v) is 0. The number of rotatable bonds is 0. The Labute approximate surface area is 57.9 Å². The van der Waals surface area contributed by atoms with Crippen molar-refractivity contribution in [2.75, 3.05) is 0 Å². The molecular weight excluding hydrogens is 247 g/mol. The summed E-state index contributed by atoms with van der Waals surface area (Å²) < 4.78 is 16.1. The quantitative estimate of drug-likeness (QED) is 0.532. The molecule has 0 saturated carbocycles. The molecule has 0 spiro atoms. The predicted molar refractivity (Wildman–Crippen MR) is 17.9 cm³/mol. The maximum Gasteiger partial charge on any atom is 2.00 e. The average molecular weight is 247 g/mol. The smallest absolute Gasteiger partial charge is 0.791 e. The molecule has 0 heterocycles. The van der Waals surface area contributed by atoms with Gasteiger partial charge in [0.05, 0.1) is 0 Å². The molecule has 0 rings (SSSR count). The average Bonchev–Trinajstić information content (AvgIpc) is 1.50. The first-order valence-electron chi connectivity index (χ1n) is 0.309. The van der Waals surface area contributed by atoms with Gasteiger partial charge in [0.2, 0.25) is 0 Å². The maximum absolute atomic E-state index is 8.06. The van der Waals surface area contributed by atoms with Crippen molar-refractivity contribution in [2.24, 2.45) is 0 Å². The third-order valence-electron chi connectivity index (χ3n) is 0. The van der Waals surface area contributed by atoms with E-state index in [2.05, 4.69) is 0 Å². The second kappa shape index (κ2) is 53.4. The van der Waals surface area contributed by atoms with Crippen molar-refractivity contribution in [1.29, 1.82) is 0 Å². The van der Waals surface area contributed by atoms with E-state index in [9.17, 15) is 0 Å². The van der Waals surface area contributed by atoms with Crippen LogP contribution in [0.15, 0.2) is 0 Å². The molecule has 0 aromatic heterocycles. The van der Waals surface area contributed by atoms with E-state index in [0.29, 0.717) is 0 Å². The molecule has 33 valence electrons. The van der Waals surface area contributed by atoms with Gasteiger partial charge in [0.15, 0.2) is 0 Å². The normalized spacial score (nSPS) is 2.40. The van der Waals surface area contributed by atoms with Crippen molar-refractivity contribution in [2.45, 2.75) is 0 Å². The van der Waals surface area contributed by atoms with Gasteiger partial charge in [-0.2, -0.15) is 0 Å². The summed E-state index contributed by atoms with van der Waals surface area (Å²) in [5.74, 6) is 0. The van der Waals surface area contributed by atoms with Gasteiger partial charge in [0, 0.05) is 0 Å². The predicted octanol–water partition coefficient (Wildman–Crippen LogP) is -0.689. The van der Waals surface area contributed by atoms with Crippen LogP contribution in [-0.2, 0) is 17.1 Å². The Morgan fingerprint density at radius 1 is 0.800 bits per heavy atom. The summed E-state index contributed by atoms with van der Waals surface area (Å²) in [5, 5.41) is 0. The van der Waals surface area contributed by atoms with Crippen molar-refractivity contribution in [3.8, 4) is 0 Å². The Balaban J connectivity index is -0.0000000133. The molecule has 0 aromatic carbocycles. The van der Waals surface area contributed by atoms with E-state index in [4.69, 9.17) is 8.40 Å². The molecule has 0 unspecified atom stereocenters. The van der Waals surface area contributed by atoms with E-state index in [0.717, 1.165) is 0 Å². The number of hydrogen-bond acceptors (Lipinski definition) is 2. The van der Waals surface area contributed by atoms with Crippen LogP contribution >= 0.6 is 32.5 Å². The SMILES string of the molecule is [Mn+2].[O-]Br.[O-]Br. The molecule has 0 N–H and O–H groups in total. The molecule has 0 amide bonds. The van der Waals surface area contributed by atoms with Gasteiger partial charge in [-0.25, -0.2) is 32.5 Å². The second-order valence-electron chi connectivity index (χ2n) is 0. The molecule has 0 bridgehead atoms. The zero-order valence-corrected chi connectivity index (χ0v) is 6.30. The fourth-order valence-electron chi connectivity index (χ4n) is 0. The van der Waals surface area contributed by atoms with Crippen LogP contribution in [-0.4, -0.2) is 0 Å². The van der Waals surface area contributed by atoms with E-state index >= 15 is 0 Å². The van der Waals surface area contributed by atoms with Gasteiger partial charge in [-0.3, -0.25) is 0 Å². The third kappa shape index (κ3) is 31.9. The van der Waals surface area contributed by atoms with Gasteiger partial charge in [0.1, 0.15) is 0 Å². The number of hydrogen-bond donors (Lipinski definition) is 0. The van der Waals surface area contributed by atoms with Crippen LogP contribution in [0.4, 0.5) is 0 Å². The van der Waals surface area contributed by atoms with Gasteiger partial charge in [-0.05, 0) is 0 Å². The largest absolute Gasteiger partial charge is 2.00 e. The van der Waals surface area contributed by atoms with E-state index in [-0.39, 0.29) is 17.1 Å². The zero-order chi connectivity index (χ0) is 4.00. The van der Waals surface area contributed by atoms with Crippen LogP contribution in [0.5, 0.6) is 0 Å². The Kier molecular flexibility index (Phi) is 172. The molecular formula is Br2MnO2. The fraction of sp³-hybridized carbons (Fsp3) is 0. The molecule has 1 radical (unpaired) electrons. The molecule has 5 heteroatoms. The standard InChI is InChI=1S/2BrO.Mn/c2*1-2;/q2*-1;+2. The van der Waals surface area contributed by atoms with Crippen LogP contribution < -0.4 is 8.40 Å². The molecule has 0 fully saturated rings. The first-order valence-corrected chi connectivity index (χ1v) is 1.60. The Bertz CT molecular complexity index is 7.61.